The summed E-state index contributed by atoms with van der Waals surface area (Å²) in [5.74, 6) is 0.668. The fourth-order valence-electron chi connectivity index (χ4n) is 2.55. The molecule has 1 aromatic heterocycles. The van der Waals surface area contributed by atoms with Gasteiger partial charge in [0.15, 0.2) is 0 Å². The number of nitrogen functional groups attached to an aromatic ring is 1. The highest BCUT2D eigenvalue weighted by Gasteiger charge is 2.27. The Bertz CT molecular complexity index is 652. The lowest BCUT2D eigenvalue weighted by molar-refractivity contribution is 0.0794. The molecule has 1 unspecified atom stereocenters. The molecule has 1 saturated heterocycles. The lowest BCUT2D eigenvalue weighted by atomic mass is 10.2. The van der Waals surface area contributed by atoms with E-state index in [1.165, 1.54) is 11.3 Å². The molecule has 2 N–H and O–H groups in total. The van der Waals surface area contributed by atoms with Gasteiger partial charge in [-0.3, -0.25) is 4.79 Å². The second-order valence-electron chi connectivity index (χ2n) is 5.10. The van der Waals surface area contributed by atoms with Crippen molar-refractivity contribution in [3.8, 4) is 0 Å². The number of anilines is 1. The van der Waals surface area contributed by atoms with E-state index in [-0.39, 0.29) is 5.91 Å². The zero-order valence-electron chi connectivity index (χ0n) is 10.6. The fourth-order valence-corrected chi connectivity index (χ4v) is 4.38. The number of carbonyl (C=O) groups excluding carboxylic acids is 1. The Hall–Kier alpha value is -1.07. The number of carbonyl (C=O) groups is 1. The number of nitrogens with two attached hydrogens (primary N) is 1. The Labute approximate surface area is 124 Å². The lowest BCUT2D eigenvalue weighted by Crippen LogP contribution is -2.28. The van der Waals surface area contributed by atoms with Crippen LogP contribution in [-0.2, 0) is 0 Å². The first-order chi connectivity index (χ1) is 9.08. The van der Waals surface area contributed by atoms with Crippen LogP contribution in [0.25, 0.3) is 10.1 Å². The van der Waals surface area contributed by atoms with Crippen LogP contribution < -0.4 is 5.73 Å². The smallest absolute Gasteiger partial charge is 0.266 e. The van der Waals surface area contributed by atoms with Crippen molar-refractivity contribution in [1.29, 1.82) is 0 Å². The minimum absolute atomic E-state index is 0.0787. The van der Waals surface area contributed by atoms with Crippen LogP contribution in [0.4, 0.5) is 5.69 Å². The van der Waals surface area contributed by atoms with Gasteiger partial charge in [-0.1, -0.05) is 28.9 Å². The van der Waals surface area contributed by atoms with Crippen LogP contribution in [0.2, 0.25) is 0 Å². The van der Waals surface area contributed by atoms with Crippen LogP contribution in [0, 0.1) is 5.92 Å². The summed E-state index contributed by atoms with van der Waals surface area (Å²) in [4.78, 5) is 15.1. The lowest BCUT2D eigenvalue weighted by Gasteiger charge is -2.15. The molecule has 1 atom stereocenters. The molecular weight excluding hydrogens is 324 g/mol. The monoisotopic (exact) mass is 338 g/mol. The number of thiophene rings is 1. The number of hydrogen-bond acceptors (Lipinski definition) is 3. The molecule has 0 saturated carbocycles. The average molecular weight is 339 g/mol. The standard InChI is InChI=1S/C14H15BrN2OS/c1-8-5-6-17(7-8)14(18)13-12(16)11-9(15)3-2-4-10(11)19-13/h2-4,8H,5-7,16H2,1H3. The number of likely N-dealkylation sites (tertiary alicyclic amines) is 1. The highest BCUT2D eigenvalue weighted by atomic mass is 79.9. The summed E-state index contributed by atoms with van der Waals surface area (Å²) in [6.45, 7) is 3.86. The quantitative estimate of drug-likeness (QED) is 0.861. The van der Waals surface area contributed by atoms with Gasteiger partial charge in [0.05, 0.1) is 5.69 Å². The Balaban J connectivity index is 2.03. The van der Waals surface area contributed by atoms with Gasteiger partial charge in [-0.15, -0.1) is 11.3 Å². The molecule has 1 amide bonds. The summed E-state index contributed by atoms with van der Waals surface area (Å²) in [6, 6.07) is 5.93. The molecular formula is C14H15BrN2OS. The molecule has 1 aliphatic heterocycles. The van der Waals surface area contributed by atoms with E-state index in [0.717, 1.165) is 34.1 Å². The summed E-state index contributed by atoms with van der Waals surface area (Å²) >= 11 is 4.99. The summed E-state index contributed by atoms with van der Waals surface area (Å²) in [6.07, 6.45) is 1.08. The van der Waals surface area contributed by atoms with E-state index >= 15 is 0 Å². The number of nitrogens with zero attached hydrogens (tertiary/aromatic N) is 1. The number of halogens is 1. The van der Waals surface area contributed by atoms with Crippen molar-refractivity contribution in [2.75, 3.05) is 18.8 Å². The van der Waals surface area contributed by atoms with E-state index in [1.807, 2.05) is 23.1 Å². The van der Waals surface area contributed by atoms with Crippen molar-refractivity contribution in [3.05, 3.63) is 27.5 Å². The zero-order valence-corrected chi connectivity index (χ0v) is 13.1. The minimum Gasteiger partial charge on any atom is -0.397 e. The van der Waals surface area contributed by atoms with E-state index < -0.39 is 0 Å². The fraction of sp³-hybridized carbons (Fsp3) is 0.357. The Morgan fingerprint density at radius 1 is 1.53 bits per heavy atom. The molecule has 0 bridgehead atoms. The van der Waals surface area contributed by atoms with Gasteiger partial charge in [0.2, 0.25) is 0 Å². The average Bonchev–Trinajstić information content (AvgIpc) is 2.94. The summed E-state index contributed by atoms with van der Waals surface area (Å²) in [7, 11) is 0. The first-order valence-corrected chi connectivity index (χ1v) is 7.94. The van der Waals surface area contributed by atoms with Gasteiger partial charge in [-0.05, 0) is 24.5 Å². The van der Waals surface area contributed by atoms with Crippen molar-refractivity contribution < 1.29 is 4.79 Å². The van der Waals surface area contributed by atoms with Crippen molar-refractivity contribution in [3.63, 3.8) is 0 Å². The number of hydrogen-bond donors (Lipinski definition) is 1. The molecule has 5 heteroatoms. The molecule has 1 aliphatic rings. The predicted octanol–water partition coefficient (Wildman–Crippen LogP) is 3.73. The van der Waals surface area contributed by atoms with Crippen LogP contribution in [0.1, 0.15) is 23.0 Å². The van der Waals surface area contributed by atoms with Crippen LogP contribution in [0.15, 0.2) is 22.7 Å². The number of amides is 1. The molecule has 1 fully saturated rings. The van der Waals surface area contributed by atoms with Gasteiger partial charge in [0.1, 0.15) is 4.88 Å². The van der Waals surface area contributed by atoms with Gasteiger partial charge < -0.3 is 10.6 Å². The van der Waals surface area contributed by atoms with Gasteiger partial charge in [0, 0.05) is 27.6 Å². The summed E-state index contributed by atoms with van der Waals surface area (Å²) < 4.78 is 2.01. The maximum absolute atomic E-state index is 12.5. The van der Waals surface area contributed by atoms with E-state index in [2.05, 4.69) is 22.9 Å². The largest absolute Gasteiger partial charge is 0.397 e. The first-order valence-electron chi connectivity index (χ1n) is 6.33. The van der Waals surface area contributed by atoms with Gasteiger partial charge in [-0.2, -0.15) is 0 Å². The van der Waals surface area contributed by atoms with Crippen LogP contribution >= 0.6 is 27.3 Å². The highest BCUT2D eigenvalue weighted by Crippen LogP contribution is 2.39. The van der Waals surface area contributed by atoms with Crippen molar-refractivity contribution >= 4 is 48.9 Å². The predicted molar refractivity (Wildman–Crippen MR) is 83.6 cm³/mol. The van der Waals surface area contributed by atoms with Gasteiger partial charge in [0.25, 0.3) is 5.91 Å². The number of fused-ring (bicyclic) bond motifs is 1. The Morgan fingerprint density at radius 3 is 2.95 bits per heavy atom. The van der Waals surface area contributed by atoms with Crippen LogP contribution in [0.3, 0.4) is 0 Å². The SMILES string of the molecule is CC1CCN(C(=O)c2sc3cccc(Br)c3c2N)C1. The molecule has 2 heterocycles. The second-order valence-corrected chi connectivity index (χ2v) is 7.01. The van der Waals surface area contributed by atoms with E-state index in [0.29, 0.717) is 16.5 Å². The molecule has 0 spiro atoms. The maximum atomic E-state index is 12.5. The number of rotatable bonds is 1. The summed E-state index contributed by atoms with van der Waals surface area (Å²) in [5.41, 5.74) is 6.78. The maximum Gasteiger partial charge on any atom is 0.266 e. The molecule has 3 nitrogen and oxygen atoms in total. The third-order valence-corrected chi connectivity index (χ3v) is 5.43. The van der Waals surface area contributed by atoms with E-state index in [1.54, 1.807) is 0 Å². The third kappa shape index (κ3) is 2.15. The van der Waals surface area contributed by atoms with Crippen LogP contribution in [0.5, 0.6) is 0 Å². The molecule has 19 heavy (non-hydrogen) atoms. The normalized spacial score (nSPS) is 19.3. The number of benzene rings is 1. The van der Waals surface area contributed by atoms with Gasteiger partial charge >= 0.3 is 0 Å². The highest BCUT2D eigenvalue weighted by molar-refractivity contribution is 9.10. The van der Waals surface area contributed by atoms with Crippen molar-refractivity contribution in [2.45, 2.75) is 13.3 Å². The van der Waals surface area contributed by atoms with Gasteiger partial charge in [-0.25, -0.2) is 0 Å². The van der Waals surface area contributed by atoms with Crippen molar-refractivity contribution in [2.24, 2.45) is 5.92 Å². The molecule has 100 valence electrons. The van der Waals surface area contributed by atoms with E-state index in [4.69, 9.17) is 5.73 Å². The molecule has 3 rings (SSSR count). The minimum atomic E-state index is 0.0787. The third-order valence-electron chi connectivity index (χ3n) is 3.61. The molecule has 1 aromatic carbocycles. The first kappa shape index (κ1) is 12.9. The molecule has 0 aliphatic carbocycles. The molecule has 2 aromatic rings. The van der Waals surface area contributed by atoms with Crippen LogP contribution in [-0.4, -0.2) is 23.9 Å². The Kier molecular flexibility index (Phi) is 3.27. The Morgan fingerprint density at radius 2 is 2.32 bits per heavy atom. The zero-order chi connectivity index (χ0) is 13.6. The summed E-state index contributed by atoms with van der Waals surface area (Å²) in [5, 5.41) is 0.961. The molecule has 0 radical (unpaired) electrons. The second kappa shape index (κ2) is 4.80. The van der Waals surface area contributed by atoms with E-state index in [9.17, 15) is 4.79 Å². The topological polar surface area (TPSA) is 46.3 Å². The van der Waals surface area contributed by atoms with Crippen molar-refractivity contribution in [1.82, 2.24) is 4.90 Å².